The largest absolute Gasteiger partial charge is 0.0776 e. The molecular weight excluding hydrogens is 144 g/mol. The molecule has 1 saturated carbocycles. The molecule has 0 aromatic carbocycles. The molecule has 12 heavy (non-hydrogen) atoms. The van der Waals surface area contributed by atoms with Crippen LogP contribution in [-0.2, 0) is 0 Å². The minimum Gasteiger partial charge on any atom is -0.0776 e. The molecule has 0 spiro atoms. The van der Waals surface area contributed by atoms with Crippen LogP contribution in [0.25, 0.3) is 0 Å². The van der Waals surface area contributed by atoms with Crippen LogP contribution in [0.4, 0.5) is 0 Å². The predicted molar refractivity (Wildman–Crippen MR) is 63.8 cm³/mol. The average molecular weight is 176 g/mol. The number of hydrogen-bond donors (Lipinski definition) is 0. The van der Waals surface area contributed by atoms with Gasteiger partial charge in [-0.3, -0.25) is 0 Å². The standard InChI is InChI=1S/C7H14.C2H6.3CH4/c1-7-5-3-2-4-6-7;1-2;;;/h7H,2-6H2,1H3;1-2H3;3*1H4. The maximum absolute atomic E-state index is 2.36. The molecule has 1 fully saturated rings. The normalized spacial score (nSPS) is 15.2. The first-order chi connectivity index (χ1) is 4.39. The molecule has 1 rings (SSSR count). The van der Waals surface area contributed by atoms with Crippen LogP contribution >= 0.6 is 0 Å². The summed E-state index contributed by atoms with van der Waals surface area (Å²) in [6.45, 7) is 6.36. The summed E-state index contributed by atoms with van der Waals surface area (Å²) in [5.74, 6) is 1.04. The first-order valence-corrected chi connectivity index (χ1v) is 4.39. The smallest absolute Gasteiger partial charge is 0.0443 e. The van der Waals surface area contributed by atoms with Gasteiger partial charge in [-0.25, -0.2) is 0 Å². The van der Waals surface area contributed by atoms with Gasteiger partial charge in [0.15, 0.2) is 0 Å². The molecule has 0 aromatic heterocycles. The summed E-state index contributed by atoms with van der Waals surface area (Å²) in [6, 6.07) is 0. The van der Waals surface area contributed by atoms with Crippen molar-refractivity contribution in [2.75, 3.05) is 0 Å². The zero-order valence-corrected chi connectivity index (χ0v) is 7.11. The topological polar surface area (TPSA) is 0 Å². The first kappa shape index (κ1) is 22.7. The van der Waals surface area contributed by atoms with Crippen LogP contribution in [0.15, 0.2) is 0 Å². The second-order valence-corrected chi connectivity index (χ2v) is 2.74. The highest BCUT2D eigenvalue weighted by Crippen LogP contribution is 2.21. The minimum absolute atomic E-state index is 0. The zero-order valence-electron chi connectivity index (χ0n) is 7.11. The van der Waals surface area contributed by atoms with Gasteiger partial charge in [0.2, 0.25) is 0 Å². The molecule has 1 aliphatic rings. The van der Waals surface area contributed by atoms with Gasteiger partial charge in [-0.2, -0.15) is 0 Å². The number of rotatable bonds is 0. The van der Waals surface area contributed by atoms with Crippen molar-refractivity contribution in [1.82, 2.24) is 0 Å². The fourth-order valence-electron chi connectivity index (χ4n) is 1.31. The molecular formula is C12H32. The summed E-state index contributed by atoms with van der Waals surface area (Å²) in [7, 11) is 0. The van der Waals surface area contributed by atoms with Gasteiger partial charge in [0.05, 0.1) is 0 Å². The third-order valence-corrected chi connectivity index (χ3v) is 1.89. The van der Waals surface area contributed by atoms with E-state index >= 15 is 0 Å². The summed E-state index contributed by atoms with van der Waals surface area (Å²) < 4.78 is 0. The van der Waals surface area contributed by atoms with Crippen LogP contribution in [0, 0.1) is 5.92 Å². The summed E-state index contributed by atoms with van der Waals surface area (Å²) in [4.78, 5) is 0. The Balaban J connectivity index is -0.0000000600. The molecule has 0 radical (unpaired) electrons. The summed E-state index contributed by atoms with van der Waals surface area (Å²) >= 11 is 0. The van der Waals surface area contributed by atoms with Crippen molar-refractivity contribution in [2.24, 2.45) is 5.92 Å². The van der Waals surface area contributed by atoms with Crippen LogP contribution in [-0.4, -0.2) is 0 Å². The van der Waals surface area contributed by atoms with E-state index in [-0.39, 0.29) is 22.3 Å². The van der Waals surface area contributed by atoms with Crippen molar-refractivity contribution in [3.8, 4) is 0 Å². The van der Waals surface area contributed by atoms with Crippen molar-refractivity contribution >= 4 is 0 Å². The van der Waals surface area contributed by atoms with E-state index in [0.29, 0.717) is 0 Å². The summed E-state index contributed by atoms with van der Waals surface area (Å²) in [5, 5.41) is 0. The number of hydrogen-bond acceptors (Lipinski definition) is 0. The Morgan fingerprint density at radius 3 is 1.25 bits per heavy atom. The summed E-state index contributed by atoms with van der Waals surface area (Å²) in [6.07, 6.45) is 7.44. The molecule has 0 unspecified atom stereocenters. The van der Waals surface area contributed by atoms with E-state index in [1.54, 1.807) is 0 Å². The van der Waals surface area contributed by atoms with Crippen molar-refractivity contribution in [3.05, 3.63) is 0 Å². The third kappa shape index (κ3) is 12.7. The third-order valence-electron chi connectivity index (χ3n) is 1.89. The van der Waals surface area contributed by atoms with E-state index in [1.807, 2.05) is 13.8 Å². The average Bonchev–Trinajstić information content (AvgIpc) is 1.94. The van der Waals surface area contributed by atoms with Gasteiger partial charge >= 0.3 is 0 Å². The van der Waals surface area contributed by atoms with Gasteiger partial charge in [0.1, 0.15) is 0 Å². The SMILES string of the molecule is C.C.C.CC.CC1CCCCC1. The van der Waals surface area contributed by atoms with Crippen LogP contribution in [0.2, 0.25) is 0 Å². The fraction of sp³-hybridized carbons (Fsp3) is 1.00. The van der Waals surface area contributed by atoms with Crippen molar-refractivity contribution in [1.29, 1.82) is 0 Å². The molecule has 0 heteroatoms. The molecule has 80 valence electrons. The Morgan fingerprint density at radius 2 is 1.08 bits per heavy atom. The lowest BCUT2D eigenvalue weighted by Crippen LogP contribution is -1.99. The van der Waals surface area contributed by atoms with Gasteiger partial charge in [-0.1, -0.05) is 75.2 Å². The van der Waals surface area contributed by atoms with E-state index in [1.165, 1.54) is 32.1 Å². The molecule has 0 bridgehead atoms. The van der Waals surface area contributed by atoms with Crippen molar-refractivity contribution < 1.29 is 0 Å². The van der Waals surface area contributed by atoms with Crippen LogP contribution in [0.3, 0.4) is 0 Å². The maximum atomic E-state index is 2.36. The van der Waals surface area contributed by atoms with E-state index in [9.17, 15) is 0 Å². The summed E-state index contributed by atoms with van der Waals surface area (Å²) in [5.41, 5.74) is 0. The molecule has 0 saturated heterocycles. The Labute approximate surface area is 81.8 Å². The van der Waals surface area contributed by atoms with Crippen LogP contribution in [0.1, 0.15) is 75.2 Å². The van der Waals surface area contributed by atoms with Gasteiger partial charge in [0.25, 0.3) is 0 Å². The minimum atomic E-state index is 0. The Morgan fingerprint density at radius 1 is 0.750 bits per heavy atom. The van der Waals surface area contributed by atoms with E-state index in [0.717, 1.165) is 5.92 Å². The van der Waals surface area contributed by atoms with E-state index in [4.69, 9.17) is 0 Å². The van der Waals surface area contributed by atoms with Gasteiger partial charge in [-0.05, 0) is 5.92 Å². The molecule has 0 heterocycles. The molecule has 1 aliphatic carbocycles. The highest BCUT2D eigenvalue weighted by molar-refractivity contribution is 4.59. The van der Waals surface area contributed by atoms with Gasteiger partial charge in [0, 0.05) is 0 Å². The predicted octanol–water partition coefficient (Wildman–Crippen LogP) is 5.52. The molecule has 0 aromatic rings. The second-order valence-electron chi connectivity index (χ2n) is 2.74. The van der Waals surface area contributed by atoms with E-state index < -0.39 is 0 Å². The van der Waals surface area contributed by atoms with Crippen molar-refractivity contribution in [2.45, 2.75) is 75.2 Å². The molecule has 0 nitrogen and oxygen atoms in total. The lowest BCUT2D eigenvalue weighted by Gasteiger charge is -2.15. The van der Waals surface area contributed by atoms with Gasteiger partial charge < -0.3 is 0 Å². The highest BCUT2D eigenvalue weighted by atomic mass is 14.1. The van der Waals surface area contributed by atoms with E-state index in [2.05, 4.69) is 6.92 Å². The molecule has 0 N–H and O–H groups in total. The van der Waals surface area contributed by atoms with Gasteiger partial charge in [-0.15, -0.1) is 0 Å². The Kier molecular flexibility index (Phi) is 32.5. The fourth-order valence-corrected chi connectivity index (χ4v) is 1.31. The van der Waals surface area contributed by atoms with Crippen molar-refractivity contribution in [3.63, 3.8) is 0 Å². The lowest BCUT2D eigenvalue weighted by molar-refractivity contribution is 0.385. The quantitative estimate of drug-likeness (QED) is 0.456. The monoisotopic (exact) mass is 176 g/mol. The Bertz CT molecular complexity index is 42.0. The molecule has 0 aliphatic heterocycles. The maximum Gasteiger partial charge on any atom is -0.0443 e. The zero-order chi connectivity index (χ0) is 7.11. The van der Waals surface area contributed by atoms with Crippen LogP contribution in [0.5, 0.6) is 0 Å². The lowest BCUT2D eigenvalue weighted by atomic mass is 9.91. The first-order valence-electron chi connectivity index (χ1n) is 4.39. The highest BCUT2D eigenvalue weighted by Gasteiger charge is 2.05. The Hall–Kier alpha value is 0. The molecule has 0 amide bonds. The second kappa shape index (κ2) is 17.2. The molecule has 0 atom stereocenters. The van der Waals surface area contributed by atoms with Crippen LogP contribution < -0.4 is 0 Å².